The molecule has 0 unspecified atom stereocenters. The van der Waals surface area contributed by atoms with Crippen molar-refractivity contribution in [3.63, 3.8) is 0 Å². The van der Waals surface area contributed by atoms with Crippen molar-refractivity contribution in [2.75, 3.05) is 5.32 Å². The summed E-state index contributed by atoms with van der Waals surface area (Å²) in [5, 5.41) is 3.95. The summed E-state index contributed by atoms with van der Waals surface area (Å²) in [7, 11) is 0. The van der Waals surface area contributed by atoms with E-state index in [0.717, 1.165) is 5.69 Å². The standard InChI is InChI=1S/C20H17NO2S/c1-13-8-10-16(11-9-13)21-20-17(14(2)22)12-18(24-20)19(23)15-6-4-3-5-7-15/h3-12,21H,1-2H3. The molecule has 4 heteroatoms. The number of nitrogens with one attached hydrogen (secondary N) is 1. The molecule has 0 amide bonds. The van der Waals surface area contributed by atoms with Crippen LogP contribution in [0.3, 0.4) is 0 Å². The van der Waals surface area contributed by atoms with E-state index in [1.165, 1.54) is 23.8 Å². The molecule has 3 nitrogen and oxygen atoms in total. The highest BCUT2D eigenvalue weighted by molar-refractivity contribution is 7.18. The van der Waals surface area contributed by atoms with Gasteiger partial charge in [0.1, 0.15) is 5.00 Å². The number of hydrogen-bond acceptors (Lipinski definition) is 4. The smallest absolute Gasteiger partial charge is 0.203 e. The van der Waals surface area contributed by atoms with Gasteiger partial charge < -0.3 is 5.32 Å². The summed E-state index contributed by atoms with van der Waals surface area (Å²) in [6.07, 6.45) is 0. The second-order valence-corrected chi connectivity index (χ2v) is 6.65. The Morgan fingerprint density at radius 2 is 1.62 bits per heavy atom. The van der Waals surface area contributed by atoms with Gasteiger partial charge in [-0.1, -0.05) is 48.0 Å². The van der Waals surface area contributed by atoms with E-state index in [-0.39, 0.29) is 11.6 Å². The molecule has 0 atom stereocenters. The van der Waals surface area contributed by atoms with E-state index in [2.05, 4.69) is 5.32 Å². The molecule has 0 bridgehead atoms. The summed E-state index contributed by atoms with van der Waals surface area (Å²) in [5.74, 6) is -0.131. The van der Waals surface area contributed by atoms with Crippen molar-refractivity contribution in [1.29, 1.82) is 0 Å². The predicted octanol–water partition coefficient (Wildman–Crippen LogP) is 5.23. The van der Waals surface area contributed by atoms with Crippen LogP contribution >= 0.6 is 11.3 Å². The van der Waals surface area contributed by atoms with Gasteiger partial charge in [-0.15, -0.1) is 11.3 Å². The van der Waals surface area contributed by atoms with Gasteiger partial charge in [0.25, 0.3) is 0 Å². The van der Waals surface area contributed by atoms with Crippen LogP contribution in [-0.2, 0) is 0 Å². The maximum Gasteiger partial charge on any atom is 0.203 e. The molecule has 0 aliphatic rings. The van der Waals surface area contributed by atoms with Crippen LogP contribution in [0.1, 0.15) is 38.1 Å². The topological polar surface area (TPSA) is 46.2 Å². The average molecular weight is 335 g/mol. The SMILES string of the molecule is CC(=O)c1cc(C(=O)c2ccccc2)sc1Nc1ccc(C)cc1. The summed E-state index contributed by atoms with van der Waals surface area (Å²) < 4.78 is 0. The molecule has 1 heterocycles. The zero-order chi connectivity index (χ0) is 17.1. The van der Waals surface area contributed by atoms with Crippen molar-refractivity contribution in [3.05, 3.63) is 82.2 Å². The lowest BCUT2D eigenvalue weighted by atomic mass is 10.1. The molecule has 3 rings (SSSR count). The van der Waals surface area contributed by atoms with Crippen LogP contribution in [0.2, 0.25) is 0 Å². The fourth-order valence-corrected chi connectivity index (χ4v) is 3.45. The Morgan fingerprint density at radius 3 is 2.25 bits per heavy atom. The molecule has 1 N–H and O–H groups in total. The average Bonchev–Trinajstić information content (AvgIpc) is 3.01. The van der Waals surface area contributed by atoms with Crippen molar-refractivity contribution < 1.29 is 9.59 Å². The minimum absolute atomic E-state index is 0.0621. The summed E-state index contributed by atoms with van der Waals surface area (Å²) >= 11 is 1.31. The number of thiophene rings is 1. The minimum atomic E-state index is -0.0694. The fourth-order valence-electron chi connectivity index (χ4n) is 2.36. The summed E-state index contributed by atoms with van der Waals surface area (Å²) in [4.78, 5) is 25.1. The van der Waals surface area contributed by atoms with E-state index in [0.29, 0.717) is 21.0 Å². The fraction of sp³-hybridized carbons (Fsp3) is 0.100. The second-order valence-electron chi connectivity index (χ2n) is 5.60. The first-order chi connectivity index (χ1) is 11.5. The third kappa shape index (κ3) is 3.44. The van der Waals surface area contributed by atoms with E-state index < -0.39 is 0 Å². The molecule has 0 aliphatic heterocycles. The number of carbonyl (C=O) groups is 2. The van der Waals surface area contributed by atoms with Crippen molar-refractivity contribution in [2.45, 2.75) is 13.8 Å². The van der Waals surface area contributed by atoms with Crippen molar-refractivity contribution in [1.82, 2.24) is 0 Å². The Balaban J connectivity index is 1.94. The number of Topliss-reactive ketones (excluding diaryl/α,β-unsaturated/α-hetero) is 1. The monoisotopic (exact) mass is 335 g/mol. The maximum absolute atomic E-state index is 12.6. The Labute approximate surface area is 145 Å². The number of carbonyl (C=O) groups excluding carboxylic acids is 2. The zero-order valence-electron chi connectivity index (χ0n) is 13.5. The van der Waals surface area contributed by atoms with Crippen LogP contribution in [0.15, 0.2) is 60.7 Å². The normalized spacial score (nSPS) is 10.4. The van der Waals surface area contributed by atoms with Gasteiger partial charge in [0.05, 0.1) is 10.4 Å². The lowest BCUT2D eigenvalue weighted by molar-refractivity contribution is 0.101. The summed E-state index contributed by atoms with van der Waals surface area (Å²) in [6, 6.07) is 18.7. The van der Waals surface area contributed by atoms with Crippen molar-refractivity contribution in [3.8, 4) is 0 Å². The number of benzene rings is 2. The Bertz CT molecular complexity index is 880. The highest BCUT2D eigenvalue weighted by atomic mass is 32.1. The first kappa shape index (κ1) is 16.1. The molecule has 0 radical (unpaired) electrons. The van der Waals surface area contributed by atoms with Gasteiger partial charge in [-0.25, -0.2) is 0 Å². The van der Waals surface area contributed by atoms with Crippen LogP contribution in [0.25, 0.3) is 0 Å². The largest absolute Gasteiger partial charge is 0.347 e. The second kappa shape index (κ2) is 6.81. The molecule has 1 aromatic heterocycles. The van der Waals surface area contributed by atoms with Gasteiger partial charge in [0.15, 0.2) is 5.78 Å². The molecule has 120 valence electrons. The van der Waals surface area contributed by atoms with Crippen LogP contribution in [0.4, 0.5) is 10.7 Å². The number of rotatable bonds is 5. The van der Waals surface area contributed by atoms with Gasteiger partial charge in [-0.05, 0) is 32.0 Å². The zero-order valence-corrected chi connectivity index (χ0v) is 14.3. The molecular formula is C20H17NO2S. The molecule has 24 heavy (non-hydrogen) atoms. The van der Waals surface area contributed by atoms with Crippen LogP contribution in [0, 0.1) is 6.92 Å². The Hall–Kier alpha value is -2.72. The van der Waals surface area contributed by atoms with Gasteiger partial charge >= 0.3 is 0 Å². The number of aryl methyl sites for hydroxylation is 1. The minimum Gasteiger partial charge on any atom is -0.347 e. The summed E-state index contributed by atoms with van der Waals surface area (Å²) in [6.45, 7) is 3.53. The van der Waals surface area contributed by atoms with Crippen molar-refractivity contribution >= 4 is 33.6 Å². The molecule has 2 aromatic carbocycles. The van der Waals surface area contributed by atoms with E-state index in [1.807, 2.05) is 49.4 Å². The number of ketones is 2. The first-order valence-corrected chi connectivity index (χ1v) is 8.44. The molecule has 0 fully saturated rings. The number of hydrogen-bond donors (Lipinski definition) is 1. The Morgan fingerprint density at radius 1 is 0.958 bits per heavy atom. The third-order valence-electron chi connectivity index (χ3n) is 3.68. The lowest BCUT2D eigenvalue weighted by Crippen LogP contribution is -1.98. The molecule has 0 saturated heterocycles. The van der Waals surface area contributed by atoms with Crippen molar-refractivity contribution in [2.24, 2.45) is 0 Å². The van der Waals surface area contributed by atoms with Crippen LogP contribution < -0.4 is 5.32 Å². The van der Waals surface area contributed by atoms with Gasteiger partial charge in [-0.3, -0.25) is 9.59 Å². The molecule has 0 aliphatic carbocycles. The highest BCUT2D eigenvalue weighted by Gasteiger charge is 2.18. The molecular weight excluding hydrogens is 318 g/mol. The van der Waals surface area contributed by atoms with E-state index in [4.69, 9.17) is 0 Å². The van der Waals surface area contributed by atoms with Crippen LogP contribution in [-0.4, -0.2) is 11.6 Å². The summed E-state index contributed by atoms with van der Waals surface area (Å²) in [5.41, 5.74) is 3.22. The number of anilines is 2. The van der Waals surface area contributed by atoms with E-state index in [9.17, 15) is 9.59 Å². The van der Waals surface area contributed by atoms with E-state index >= 15 is 0 Å². The lowest BCUT2D eigenvalue weighted by Gasteiger charge is -2.05. The maximum atomic E-state index is 12.6. The van der Waals surface area contributed by atoms with Gasteiger partial charge in [0.2, 0.25) is 5.78 Å². The highest BCUT2D eigenvalue weighted by Crippen LogP contribution is 2.32. The predicted molar refractivity (Wildman–Crippen MR) is 98.7 cm³/mol. The van der Waals surface area contributed by atoms with E-state index in [1.54, 1.807) is 18.2 Å². The first-order valence-electron chi connectivity index (χ1n) is 7.63. The molecule has 0 spiro atoms. The Kier molecular flexibility index (Phi) is 4.58. The third-order valence-corrected chi connectivity index (χ3v) is 4.73. The van der Waals surface area contributed by atoms with Crippen LogP contribution in [0.5, 0.6) is 0 Å². The quantitative estimate of drug-likeness (QED) is 0.649. The van der Waals surface area contributed by atoms with Gasteiger partial charge in [-0.2, -0.15) is 0 Å². The molecule has 3 aromatic rings. The molecule has 0 saturated carbocycles. The van der Waals surface area contributed by atoms with Gasteiger partial charge in [0, 0.05) is 11.3 Å².